The fourth-order valence-electron chi connectivity index (χ4n) is 3.41. The van der Waals surface area contributed by atoms with Crippen LogP contribution in [0.4, 0.5) is 4.39 Å². The molecule has 0 aliphatic carbocycles. The van der Waals surface area contributed by atoms with Gasteiger partial charge < -0.3 is 14.4 Å². The zero-order valence-electron chi connectivity index (χ0n) is 15.4. The van der Waals surface area contributed by atoms with E-state index in [9.17, 15) is 14.0 Å². The number of halogens is 1. The van der Waals surface area contributed by atoms with Crippen LogP contribution in [0.1, 0.15) is 33.6 Å². The number of hydrogen-bond donors (Lipinski definition) is 0. The Morgan fingerprint density at radius 3 is 2.04 bits per heavy atom. The van der Waals surface area contributed by atoms with Gasteiger partial charge in [-0.05, 0) is 49.2 Å². The van der Waals surface area contributed by atoms with Crippen molar-refractivity contribution in [2.75, 3.05) is 27.3 Å². The lowest BCUT2D eigenvalue weighted by Crippen LogP contribution is -2.40. The Kier molecular flexibility index (Phi) is 5.74. The maximum Gasteiger partial charge on any atom is 0.261 e. The SMILES string of the molecule is COc1cccc(OC)c1C(=O)N1CCC(C(=O)c2ccc(F)cc2)CC1. The Balaban J connectivity index is 1.70. The molecule has 5 nitrogen and oxygen atoms in total. The van der Waals surface area contributed by atoms with Crippen molar-refractivity contribution in [3.05, 3.63) is 59.4 Å². The quantitative estimate of drug-likeness (QED) is 0.754. The molecule has 1 fully saturated rings. The van der Waals surface area contributed by atoms with Gasteiger partial charge in [0, 0.05) is 24.6 Å². The van der Waals surface area contributed by atoms with Gasteiger partial charge in [0.25, 0.3) is 5.91 Å². The zero-order chi connectivity index (χ0) is 19.4. The van der Waals surface area contributed by atoms with Crippen molar-refractivity contribution >= 4 is 11.7 Å². The summed E-state index contributed by atoms with van der Waals surface area (Å²) in [5, 5.41) is 0. The van der Waals surface area contributed by atoms with Crippen LogP contribution in [0.5, 0.6) is 11.5 Å². The molecular formula is C21H22FNO4. The first-order chi connectivity index (χ1) is 13.0. The van der Waals surface area contributed by atoms with E-state index in [-0.39, 0.29) is 23.4 Å². The van der Waals surface area contributed by atoms with Crippen LogP contribution in [0.15, 0.2) is 42.5 Å². The standard InChI is InChI=1S/C21H22FNO4/c1-26-17-4-3-5-18(27-2)19(17)21(25)23-12-10-15(11-13-23)20(24)14-6-8-16(22)9-7-14/h3-9,15H,10-13H2,1-2H3. The molecule has 3 rings (SSSR count). The number of ether oxygens (including phenoxy) is 2. The summed E-state index contributed by atoms with van der Waals surface area (Å²) in [6.45, 7) is 0.940. The van der Waals surface area contributed by atoms with Crippen molar-refractivity contribution in [3.8, 4) is 11.5 Å². The van der Waals surface area contributed by atoms with Crippen LogP contribution in [0.25, 0.3) is 0 Å². The van der Waals surface area contributed by atoms with Gasteiger partial charge in [0.15, 0.2) is 5.78 Å². The summed E-state index contributed by atoms with van der Waals surface area (Å²) in [6, 6.07) is 10.8. The first-order valence-electron chi connectivity index (χ1n) is 8.85. The molecule has 1 aliphatic rings. The predicted molar refractivity (Wildman–Crippen MR) is 98.9 cm³/mol. The highest BCUT2D eigenvalue weighted by Gasteiger charge is 2.30. The minimum atomic E-state index is -0.363. The summed E-state index contributed by atoms with van der Waals surface area (Å²) in [4.78, 5) is 27.3. The summed E-state index contributed by atoms with van der Waals surface area (Å²) in [5.74, 6) is 0.221. The number of amides is 1. The van der Waals surface area contributed by atoms with E-state index in [2.05, 4.69) is 0 Å². The van der Waals surface area contributed by atoms with Crippen molar-refractivity contribution < 1.29 is 23.5 Å². The topological polar surface area (TPSA) is 55.8 Å². The summed E-state index contributed by atoms with van der Waals surface area (Å²) in [5.41, 5.74) is 0.901. The highest BCUT2D eigenvalue weighted by atomic mass is 19.1. The van der Waals surface area contributed by atoms with Crippen molar-refractivity contribution in [2.24, 2.45) is 5.92 Å². The molecule has 0 saturated carbocycles. The maximum absolute atomic E-state index is 13.0. The molecule has 0 unspecified atom stereocenters. The highest BCUT2D eigenvalue weighted by molar-refractivity contribution is 6.00. The van der Waals surface area contributed by atoms with Crippen LogP contribution in [0.2, 0.25) is 0 Å². The molecule has 0 aromatic heterocycles. The Morgan fingerprint density at radius 2 is 1.52 bits per heavy atom. The first-order valence-corrected chi connectivity index (χ1v) is 8.85. The van der Waals surface area contributed by atoms with E-state index in [0.717, 1.165) is 0 Å². The monoisotopic (exact) mass is 371 g/mol. The average Bonchev–Trinajstić information content (AvgIpc) is 2.72. The molecule has 0 spiro atoms. The smallest absolute Gasteiger partial charge is 0.261 e. The van der Waals surface area contributed by atoms with Crippen LogP contribution in [0, 0.1) is 11.7 Å². The van der Waals surface area contributed by atoms with Crippen molar-refractivity contribution in [2.45, 2.75) is 12.8 Å². The fraction of sp³-hybridized carbons (Fsp3) is 0.333. The lowest BCUT2D eigenvalue weighted by atomic mass is 9.88. The van der Waals surface area contributed by atoms with Crippen molar-refractivity contribution in [1.82, 2.24) is 4.90 Å². The van der Waals surface area contributed by atoms with Crippen molar-refractivity contribution in [3.63, 3.8) is 0 Å². The lowest BCUT2D eigenvalue weighted by molar-refractivity contribution is 0.0644. The first kappa shape index (κ1) is 18.9. The fourth-order valence-corrected chi connectivity index (χ4v) is 3.41. The summed E-state index contributed by atoms with van der Waals surface area (Å²) in [7, 11) is 3.03. The van der Waals surface area contributed by atoms with Crippen LogP contribution >= 0.6 is 0 Å². The molecule has 1 amide bonds. The van der Waals surface area contributed by atoms with Gasteiger partial charge in [-0.15, -0.1) is 0 Å². The number of nitrogens with zero attached hydrogens (tertiary/aromatic N) is 1. The van der Waals surface area contributed by atoms with E-state index in [1.165, 1.54) is 38.5 Å². The highest BCUT2D eigenvalue weighted by Crippen LogP contribution is 2.31. The normalized spacial score (nSPS) is 14.7. The van der Waals surface area contributed by atoms with E-state index in [1.807, 2.05) is 0 Å². The number of methoxy groups -OCH3 is 2. The molecule has 1 saturated heterocycles. The number of rotatable bonds is 5. The number of Topliss-reactive ketones (excluding diaryl/α,β-unsaturated/α-hetero) is 1. The Morgan fingerprint density at radius 1 is 0.963 bits per heavy atom. The molecule has 0 radical (unpaired) electrons. The number of carbonyl (C=O) groups is 2. The maximum atomic E-state index is 13.0. The molecular weight excluding hydrogens is 349 g/mol. The van der Waals surface area contributed by atoms with Gasteiger partial charge in [-0.3, -0.25) is 9.59 Å². The Hall–Kier alpha value is -2.89. The predicted octanol–water partition coefficient (Wildman–Crippen LogP) is 3.58. The third-order valence-corrected chi connectivity index (χ3v) is 4.92. The van der Waals surface area contributed by atoms with E-state index < -0.39 is 0 Å². The third-order valence-electron chi connectivity index (χ3n) is 4.92. The molecule has 1 aliphatic heterocycles. The largest absolute Gasteiger partial charge is 0.496 e. The molecule has 142 valence electrons. The van der Waals surface area contributed by atoms with E-state index in [4.69, 9.17) is 9.47 Å². The Labute approximate surface area is 157 Å². The minimum Gasteiger partial charge on any atom is -0.496 e. The minimum absolute atomic E-state index is 0.00280. The third kappa shape index (κ3) is 3.94. The molecule has 27 heavy (non-hydrogen) atoms. The van der Waals surface area contributed by atoms with Crippen LogP contribution in [-0.2, 0) is 0 Å². The number of hydrogen-bond acceptors (Lipinski definition) is 4. The van der Waals surface area contributed by atoms with Gasteiger partial charge in [-0.1, -0.05) is 6.07 Å². The number of ketones is 1. The van der Waals surface area contributed by atoms with E-state index in [1.54, 1.807) is 23.1 Å². The van der Waals surface area contributed by atoms with Gasteiger partial charge in [0.2, 0.25) is 0 Å². The van der Waals surface area contributed by atoms with E-state index >= 15 is 0 Å². The molecule has 0 N–H and O–H groups in total. The number of piperidine rings is 1. The summed E-state index contributed by atoms with van der Waals surface area (Å²) in [6.07, 6.45) is 1.14. The molecule has 2 aromatic carbocycles. The van der Waals surface area contributed by atoms with Crippen LogP contribution in [-0.4, -0.2) is 43.9 Å². The van der Waals surface area contributed by atoms with Gasteiger partial charge in [0.05, 0.1) is 14.2 Å². The van der Waals surface area contributed by atoms with Gasteiger partial charge in [-0.25, -0.2) is 4.39 Å². The van der Waals surface area contributed by atoms with Crippen LogP contribution in [0.3, 0.4) is 0 Å². The Bertz CT molecular complexity index is 804. The molecule has 2 aromatic rings. The van der Waals surface area contributed by atoms with Crippen molar-refractivity contribution in [1.29, 1.82) is 0 Å². The second-order valence-corrected chi connectivity index (χ2v) is 6.48. The zero-order valence-corrected chi connectivity index (χ0v) is 15.4. The molecule has 0 bridgehead atoms. The number of likely N-dealkylation sites (tertiary alicyclic amines) is 1. The second kappa shape index (κ2) is 8.20. The number of carbonyl (C=O) groups excluding carboxylic acids is 2. The second-order valence-electron chi connectivity index (χ2n) is 6.48. The van der Waals surface area contributed by atoms with Gasteiger partial charge in [0.1, 0.15) is 22.9 Å². The molecule has 0 atom stereocenters. The lowest BCUT2D eigenvalue weighted by Gasteiger charge is -2.32. The number of benzene rings is 2. The average molecular weight is 371 g/mol. The molecule has 1 heterocycles. The molecule has 6 heteroatoms. The van der Waals surface area contributed by atoms with Gasteiger partial charge >= 0.3 is 0 Å². The summed E-state index contributed by atoms with van der Waals surface area (Å²) < 4.78 is 23.7. The summed E-state index contributed by atoms with van der Waals surface area (Å²) >= 11 is 0. The van der Waals surface area contributed by atoms with Crippen LogP contribution < -0.4 is 9.47 Å². The van der Waals surface area contributed by atoms with E-state index in [0.29, 0.717) is 48.6 Å². The van der Waals surface area contributed by atoms with Gasteiger partial charge in [-0.2, -0.15) is 0 Å².